The molecule has 1 aliphatic heterocycles. The highest BCUT2D eigenvalue weighted by Gasteiger charge is 2.06. The zero-order chi connectivity index (χ0) is 5.11. The smallest absolute Gasteiger partial charge is 0.0253 e. The van der Waals surface area contributed by atoms with Crippen LogP contribution in [-0.4, -0.2) is 17.3 Å². The van der Waals surface area contributed by atoms with E-state index in [4.69, 9.17) is 0 Å². The van der Waals surface area contributed by atoms with Gasteiger partial charge < -0.3 is 0 Å². The third-order valence-corrected chi connectivity index (χ3v) is 4.44. The van der Waals surface area contributed by atoms with E-state index in [-0.39, 0.29) is 0 Å². The van der Waals surface area contributed by atoms with Crippen molar-refractivity contribution >= 4 is 10.9 Å². The molecule has 1 rings (SSSR count). The molecule has 0 unspecified atom stereocenters. The lowest BCUT2D eigenvalue weighted by Gasteiger charge is -2.07. The Balaban J connectivity index is 2.14. The van der Waals surface area contributed by atoms with Crippen molar-refractivity contribution in [3.05, 3.63) is 0 Å². The van der Waals surface area contributed by atoms with Crippen LogP contribution in [0.3, 0.4) is 0 Å². The first-order chi connectivity index (χ1) is 3.43. The Hall–Kier alpha value is 0.350. The maximum Gasteiger partial charge on any atom is -0.0253 e. The minimum atomic E-state index is 0.557. The van der Waals surface area contributed by atoms with Crippen molar-refractivity contribution in [1.82, 2.24) is 0 Å². The van der Waals surface area contributed by atoms with E-state index >= 15 is 0 Å². The molecule has 0 bridgehead atoms. The summed E-state index contributed by atoms with van der Waals surface area (Å²) in [6, 6.07) is 0. The number of hydrogen-bond donors (Lipinski definition) is 1. The normalized spacial score (nSPS) is 26.1. The minimum Gasteiger partial charge on any atom is -0.254 e. The quantitative estimate of drug-likeness (QED) is 0.499. The third-order valence-electron chi connectivity index (χ3n) is 1.65. The predicted molar refractivity (Wildman–Crippen MR) is 38.5 cm³/mol. The van der Waals surface area contributed by atoms with Gasteiger partial charge in [-0.25, -0.2) is 0 Å². The second-order valence-electron chi connectivity index (χ2n) is 2.14. The van der Waals surface area contributed by atoms with Crippen LogP contribution in [0.15, 0.2) is 0 Å². The van der Waals surface area contributed by atoms with Gasteiger partial charge in [0.1, 0.15) is 0 Å². The molecule has 0 aromatic heterocycles. The number of hydrogen-bond acceptors (Lipinski definition) is 0. The van der Waals surface area contributed by atoms with Crippen LogP contribution >= 0.6 is 10.9 Å². The fourth-order valence-electron chi connectivity index (χ4n) is 1.10. The van der Waals surface area contributed by atoms with Gasteiger partial charge in [-0.15, -0.1) is 0 Å². The molecule has 0 atom stereocenters. The predicted octanol–water partition coefficient (Wildman–Crippen LogP) is 1.80. The zero-order valence-corrected chi connectivity index (χ0v) is 5.88. The average molecular weight is 118 g/mol. The molecule has 0 N–H and O–H groups in total. The van der Waals surface area contributed by atoms with Crippen molar-refractivity contribution in [3.8, 4) is 0 Å². The van der Waals surface area contributed by atoms with Gasteiger partial charge in [0.25, 0.3) is 0 Å². The van der Waals surface area contributed by atoms with Gasteiger partial charge >= 0.3 is 0 Å². The van der Waals surface area contributed by atoms with Gasteiger partial charge in [0.2, 0.25) is 0 Å². The van der Waals surface area contributed by atoms with Crippen LogP contribution in [0.2, 0.25) is 0 Å². The van der Waals surface area contributed by atoms with Crippen molar-refractivity contribution in [1.29, 1.82) is 0 Å². The Kier molecular flexibility index (Phi) is 2.04. The molecule has 0 aliphatic carbocycles. The summed E-state index contributed by atoms with van der Waals surface area (Å²) in [6.45, 7) is 2.33. The maximum absolute atomic E-state index is 2.33. The topological polar surface area (TPSA) is 0 Å². The molecule has 7 heavy (non-hydrogen) atoms. The first-order valence-corrected chi connectivity index (χ1v) is 5.05. The molecule has 0 saturated carbocycles. The second kappa shape index (κ2) is 2.61. The number of rotatable bonds is 1. The third kappa shape index (κ3) is 1.37. The SMILES string of the molecule is CC[SH]1CCCC1. The molecule has 0 radical (unpaired) electrons. The Bertz CT molecular complexity index is 46.1. The maximum atomic E-state index is 2.33. The summed E-state index contributed by atoms with van der Waals surface area (Å²) in [6.07, 6.45) is 3.05. The van der Waals surface area contributed by atoms with E-state index < -0.39 is 0 Å². The van der Waals surface area contributed by atoms with Crippen molar-refractivity contribution in [2.75, 3.05) is 17.3 Å². The minimum absolute atomic E-state index is 0.557. The molecular formula is C6H14S. The molecule has 1 heterocycles. The molecule has 1 saturated heterocycles. The summed E-state index contributed by atoms with van der Waals surface area (Å²) < 4.78 is 0. The van der Waals surface area contributed by atoms with Gasteiger partial charge in [-0.2, -0.15) is 0 Å². The molecule has 1 fully saturated rings. The van der Waals surface area contributed by atoms with Crippen LogP contribution in [0.1, 0.15) is 19.8 Å². The number of thiol groups is 1. The Morgan fingerprint density at radius 2 is 1.86 bits per heavy atom. The van der Waals surface area contributed by atoms with Crippen LogP contribution in [-0.2, 0) is 0 Å². The molecular weight excluding hydrogens is 104 g/mol. The summed E-state index contributed by atoms with van der Waals surface area (Å²) in [4.78, 5) is 0. The highest BCUT2D eigenvalue weighted by Crippen LogP contribution is 2.33. The summed E-state index contributed by atoms with van der Waals surface area (Å²) in [5.74, 6) is 4.63. The Labute approximate surface area is 48.6 Å². The lowest BCUT2D eigenvalue weighted by atomic mass is 10.4. The summed E-state index contributed by atoms with van der Waals surface area (Å²) >= 11 is 0. The highest BCUT2D eigenvalue weighted by atomic mass is 32.2. The van der Waals surface area contributed by atoms with E-state index in [2.05, 4.69) is 6.92 Å². The second-order valence-corrected chi connectivity index (χ2v) is 5.01. The van der Waals surface area contributed by atoms with E-state index in [0.29, 0.717) is 10.9 Å². The van der Waals surface area contributed by atoms with Gasteiger partial charge in [-0.3, -0.25) is 10.9 Å². The van der Waals surface area contributed by atoms with E-state index in [1.54, 1.807) is 11.5 Å². The fraction of sp³-hybridized carbons (Fsp3) is 1.00. The van der Waals surface area contributed by atoms with E-state index in [9.17, 15) is 0 Å². The highest BCUT2D eigenvalue weighted by molar-refractivity contribution is 8.17. The molecule has 1 heteroatoms. The van der Waals surface area contributed by atoms with Crippen LogP contribution in [0.5, 0.6) is 0 Å². The fourth-order valence-corrected chi connectivity index (χ4v) is 3.30. The molecule has 0 amide bonds. The monoisotopic (exact) mass is 118 g/mol. The molecule has 1 aliphatic rings. The van der Waals surface area contributed by atoms with E-state index in [1.807, 2.05) is 0 Å². The first-order valence-electron chi connectivity index (χ1n) is 3.16. The van der Waals surface area contributed by atoms with E-state index in [0.717, 1.165) is 0 Å². The van der Waals surface area contributed by atoms with Crippen LogP contribution < -0.4 is 0 Å². The molecule has 0 aromatic carbocycles. The van der Waals surface area contributed by atoms with Gasteiger partial charge in [-0.1, -0.05) is 6.92 Å². The van der Waals surface area contributed by atoms with Crippen molar-refractivity contribution < 1.29 is 0 Å². The van der Waals surface area contributed by atoms with Crippen molar-refractivity contribution in [3.63, 3.8) is 0 Å². The summed E-state index contributed by atoms with van der Waals surface area (Å²) in [5, 5.41) is 0. The van der Waals surface area contributed by atoms with Gasteiger partial charge in [-0.05, 0) is 30.1 Å². The molecule has 44 valence electrons. The largest absolute Gasteiger partial charge is 0.254 e. The van der Waals surface area contributed by atoms with Gasteiger partial charge in [0.15, 0.2) is 0 Å². The standard InChI is InChI=1S/C6H14S/c1-2-7-5-3-4-6-7/h7H,2-6H2,1H3. The van der Waals surface area contributed by atoms with Gasteiger partial charge in [0, 0.05) is 0 Å². The lowest BCUT2D eigenvalue weighted by molar-refractivity contribution is 0.949. The Morgan fingerprint density at radius 3 is 2.14 bits per heavy atom. The van der Waals surface area contributed by atoms with Crippen LogP contribution in [0, 0.1) is 0 Å². The van der Waals surface area contributed by atoms with Crippen LogP contribution in [0.4, 0.5) is 0 Å². The average Bonchev–Trinajstić information content (AvgIpc) is 2.14. The molecule has 0 spiro atoms. The summed E-state index contributed by atoms with van der Waals surface area (Å²) in [5.41, 5.74) is 0. The van der Waals surface area contributed by atoms with Crippen molar-refractivity contribution in [2.24, 2.45) is 0 Å². The van der Waals surface area contributed by atoms with Crippen LogP contribution in [0.25, 0.3) is 0 Å². The Morgan fingerprint density at radius 1 is 1.29 bits per heavy atom. The molecule has 0 aromatic rings. The summed E-state index contributed by atoms with van der Waals surface area (Å²) in [7, 11) is 0.557. The van der Waals surface area contributed by atoms with Crippen molar-refractivity contribution in [2.45, 2.75) is 19.8 Å². The lowest BCUT2D eigenvalue weighted by Crippen LogP contribution is -1.82. The van der Waals surface area contributed by atoms with Gasteiger partial charge in [0.05, 0.1) is 0 Å². The zero-order valence-electron chi connectivity index (χ0n) is 4.98. The first kappa shape index (κ1) is 5.49. The van der Waals surface area contributed by atoms with E-state index in [1.165, 1.54) is 18.6 Å². The molecule has 0 nitrogen and oxygen atoms in total.